The highest BCUT2D eigenvalue weighted by Crippen LogP contribution is 2.24. The molecule has 1 heterocycles. The molecule has 5 nitrogen and oxygen atoms in total. The zero-order valence-electron chi connectivity index (χ0n) is 17.4. The molecule has 0 aliphatic carbocycles. The normalized spacial score (nSPS) is 10.8. The molecule has 29 heavy (non-hydrogen) atoms. The third kappa shape index (κ3) is 5.21. The van der Waals surface area contributed by atoms with Crippen LogP contribution in [-0.2, 0) is 4.79 Å². The van der Waals surface area contributed by atoms with Gasteiger partial charge in [0.25, 0.3) is 0 Å². The number of thioether (sulfide) groups is 1. The van der Waals surface area contributed by atoms with E-state index in [9.17, 15) is 4.79 Å². The van der Waals surface area contributed by atoms with Crippen LogP contribution in [0.3, 0.4) is 0 Å². The van der Waals surface area contributed by atoms with Gasteiger partial charge in [-0.2, -0.15) is 5.10 Å². The van der Waals surface area contributed by atoms with Crippen molar-refractivity contribution < 1.29 is 9.53 Å². The Hall–Kier alpha value is -2.73. The third-order valence-electron chi connectivity index (χ3n) is 4.67. The van der Waals surface area contributed by atoms with Crippen LogP contribution >= 0.6 is 11.8 Å². The van der Waals surface area contributed by atoms with Gasteiger partial charge in [0.15, 0.2) is 0 Å². The quantitative estimate of drug-likeness (QED) is 0.540. The van der Waals surface area contributed by atoms with Crippen molar-refractivity contribution in [2.45, 2.75) is 27.7 Å². The number of nitrogens with zero attached hydrogens (tertiary/aromatic N) is 2. The van der Waals surface area contributed by atoms with Gasteiger partial charge in [-0.05, 0) is 51.0 Å². The molecule has 0 atom stereocenters. The number of carbonyl (C=O) groups excluding carboxylic acids is 1. The molecule has 2 aromatic carbocycles. The summed E-state index contributed by atoms with van der Waals surface area (Å²) in [7, 11) is 0. The van der Waals surface area contributed by atoms with E-state index < -0.39 is 0 Å². The minimum absolute atomic E-state index is 0.0270. The van der Waals surface area contributed by atoms with E-state index in [1.54, 1.807) is 11.8 Å². The summed E-state index contributed by atoms with van der Waals surface area (Å²) in [6, 6.07) is 16.0. The van der Waals surface area contributed by atoms with Crippen molar-refractivity contribution in [2.24, 2.45) is 0 Å². The first-order chi connectivity index (χ1) is 14.0. The SMILES string of the molecule is Cc1cccc(C)c1OCCSCC(=O)Nc1c(C)nn(-c2ccccc2)c1C. The predicted octanol–water partition coefficient (Wildman–Crippen LogP) is 4.86. The van der Waals surface area contributed by atoms with Gasteiger partial charge in [-0.1, -0.05) is 36.4 Å². The van der Waals surface area contributed by atoms with Crippen LogP contribution in [-0.4, -0.2) is 33.8 Å². The summed E-state index contributed by atoms with van der Waals surface area (Å²) in [6.07, 6.45) is 0. The molecular weight excluding hydrogens is 382 g/mol. The van der Waals surface area contributed by atoms with Crippen molar-refractivity contribution in [3.05, 3.63) is 71.0 Å². The van der Waals surface area contributed by atoms with Gasteiger partial charge in [0.2, 0.25) is 5.91 Å². The molecule has 0 unspecified atom stereocenters. The predicted molar refractivity (Wildman–Crippen MR) is 120 cm³/mol. The van der Waals surface area contributed by atoms with Crippen molar-refractivity contribution in [2.75, 3.05) is 23.4 Å². The second-order valence-corrected chi connectivity index (χ2v) is 8.07. The fraction of sp³-hybridized carbons (Fsp3) is 0.304. The molecule has 1 aromatic heterocycles. The largest absolute Gasteiger partial charge is 0.492 e. The maximum atomic E-state index is 12.4. The van der Waals surface area contributed by atoms with Crippen LogP contribution in [0.5, 0.6) is 5.75 Å². The van der Waals surface area contributed by atoms with Crippen molar-refractivity contribution in [1.82, 2.24) is 9.78 Å². The maximum Gasteiger partial charge on any atom is 0.234 e. The zero-order chi connectivity index (χ0) is 20.8. The van der Waals surface area contributed by atoms with Gasteiger partial charge in [0, 0.05) is 5.75 Å². The number of aryl methyl sites for hydroxylation is 3. The highest BCUT2D eigenvalue weighted by Gasteiger charge is 2.15. The lowest BCUT2D eigenvalue weighted by Gasteiger charge is -2.11. The lowest BCUT2D eigenvalue weighted by Crippen LogP contribution is -2.16. The number of amides is 1. The first kappa shape index (κ1) is 21.0. The Morgan fingerprint density at radius 2 is 1.72 bits per heavy atom. The molecule has 0 aliphatic heterocycles. The van der Waals surface area contributed by atoms with E-state index in [1.165, 1.54) is 0 Å². The Balaban J connectivity index is 1.49. The van der Waals surface area contributed by atoms with E-state index in [1.807, 2.05) is 80.9 Å². The summed E-state index contributed by atoms with van der Waals surface area (Å²) >= 11 is 1.56. The molecular formula is C23H27N3O2S. The van der Waals surface area contributed by atoms with E-state index in [0.717, 1.165) is 45.4 Å². The first-order valence-electron chi connectivity index (χ1n) is 9.65. The number of nitrogens with one attached hydrogen (secondary N) is 1. The molecule has 1 amide bonds. The summed E-state index contributed by atoms with van der Waals surface area (Å²) in [4.78, 5) is 12.4. The van der Waals surface area contributed by atoms with Crippen LogP contribution in [0.2, 0.25) is 0 Å². The minimum Gasteiger partial charge on any atom is -0.492 e. The van der Waals surface area contributed by atoms with Gasteiger partial charge >= 0.3 is 0 Å². The number of rotatable bonds is 8. The van der Waals surface area contributed by atoms with Crippen LogP contribution in [0, 0.1) is 27.7 Å². The number of carbonyl (C=O) groups is 1. The number of aromatic nitrogens is 2. The number of hydrogen-bond donors (Lipinski definition) is 1. The average Bonchev–Trinajstić information content (AvgIpc) is 2.98. The summed E-state index contributed by atoms with van der Waals surface area (Å²) in [5.74, 6) is 2.05. The van der Waals surface area contributed by atoms with E-state index in [0.29, 0.717) is 12.4 Å². The number of para-hydroxylation sites is 2. The summed E-state index contributed by atoms with van der Waals surface area (Å²) in [5, 5.41) is 7.58. The van der Waals surface area contributed by atoms with Gasteiger partial charge in [-0.15, -0.1) is 11.8 Å². The van der Waals surface area contributed by atoms with E-state index >= 15 is 0 Å². The van der Waals surface area contributed by atoms with Crippen molar-refractivity contribution >= 4 is 23.4 Å². The highest BCUT2D eigenvalue weighted by atomic mass is 32.2. The fourth-order valence-electron chi connectivity index (χ4n) is 3.21. The minimum atomic E-state index is -0.0270. The maximum absolute atomic E-state index is 12.4. The smallest absolute Gasteiger partial charge is 0.234 e. The molecule has 1 N–H and O–H groups in total. The molecule has 0 radical (unpaired) electrons. The van der Waals surface area contributed by atoms with E-state index in [2.05, 4.69) is 10.4 Å². The fourth-order valence-corrected chi connectivity index (χ4v) is 3.82. The zero-order valence-corrected chi connectivity index (χ0v) is 18.2. The lowest BCUT2D eigenvalue weighted by molar-refractivity contribution is -0.113. The summed E-state index contributed by atoms with van der Waals surface area (Å²) < 4.78 is 7.75. The molecule has 6 heteroatoms. The Bertz CT molecular complexity index is 963. The van der Waals surface area contributed by atoms with Crippen LogP contribution < -0.4 is 10.1 Å². The van der Waals surface area contributed by atoms with Gasteiger partial charge in [-0.3, -0.25) is 4.79 Å². The van der Waals surface area contributed by atoms with Gasteiger partial charge in [0.05, 0.1) is 35.1 Å². The van der Waals surface area contributed by atoms with E-state index in [-0.39, 0.29) is 5.91 Å². The standard InChI is InChI=1S/C23H27N3O2S/c1-16-9-8-10-17(2)23(16)28-13-14-29-15-21(27)24-22-18(3)25-26(19(22)4)20-11-6-5-7-12-20/h5-12H,13-15H2,1-4H3,(H,24,27). The Morgan fingerprint density at radius 3 is 2.41 bits per heavy atom. The molecule has 0 fully saturated rings. The van der Waals surface area contributed by atoms with Crippen molar-refractivity contribution in [3.63, 3.8) is 0 Å². The Kier molecular flexibility index (Phi) is 6.99. The summed E-state index contributed by atoms with van der Waals surface area (Å²) in [6.45, 7) is 8.54. The third-order valence-corrected chi connectivity index (χ3v) is 5.59. The van der Waals surface area contributed by atoms with Crippen molar-refractivity contribution in [3.8, 4) is 11.4 Å². The molecule has 3 aromatic rings. The molecule has 0 saturated heterocycles. The molecule has 152 valence electrons. The Labute approximate surface area is 176 Å². The second kappa shape index (κ2) is 9.65. The van der Waals surface area contributed by atoms with Crippen LogP contribution in [0.1, 0.15) is 22.5 Å². The molecule has 3 rings (SSSR count). The summed E-state index contributed by atoms with van der Waals surface area (Å²) in [5.41, 5.74) is 5.76. The molecule has 0 aliphatic rings. The van der Waals surface area contributed by atoms with Gasteiger partial charge in [-0.25, -0.2) is 4.68 Å². The highest BCUT2D eigenvalue weighted by molar-refractivity contribution is 7.99. The van der Waals surface area contributed by atoms with Crippen LogP contribution in [0.15, 0.2) is 48.5 Å². The van der Waals surface area contributed by atoms with Gasteiger partial charge < -0.3 is 10.1 Å². The second-order valence-electron chi connectivity index (χ2n) is 6.96. The topological polar surface area (TPSA) is 56.1 Å². The lowest BCUT2D eigenvalue weighted by atomic mass is 10.1. The number of anilines is 1. The van der Waals surface area contributed by atoms with E-state index in [4.69, 9.17) is 4.74 Å². The average molecular weight is 410 g/mol. The number of ether oxygens (including phenoxy) is 1. The Morgan fingerprint density at radius 1 is 1.03 bits per heavy atom. The molecule has 0 spiro atoms. The van der Waals surface area contributed by atoms with Crippen LogP contribution in [0.4, 0.5) is 5.69 Å². The van der Waals surface area contributed by atoms with Gasteiger partial charge in [0.1, 0.15) is 5.75 Å². The molecule has 0 bridgehead atoms. The first-order valence-corrected chi connectivity index (χ1v) is 10.8. The number of hydrogen-bond acceptors (Lipinski definition) is 4. The van der Waals surface area contributed by atoms with Crippen LogP contribution in [0.25, 0.3) is 5.69 Å². The monoisotopic (exact) mass is 409 g/mol. The van der Waals surface area contributed by atoms with Crippen molar-refractivity contribution in [1.29, 1.82) is 0 Å². The molecule has 0 saturated carbocycles. The number of benzene rings is 2.